The number of rotatable bonds is 4. The summed E-state index contributed by atoms with van der Waals surface area (Å²) in [5, 5.41) is 9.41. The van der Waals surface area contributed by atoms with E-state index in [1.807, 2.05) is 0 Å². The van der Waals surface area contributed by atoms with Gasteiger partial charge < -0.3 is 15.6 Å². The third-order valence-electron chi connectivity index (χ3n) is 11.6. The molecule has 0 spiro atoms. The molecule has 5 aliphatic rings. The molecule has 4 aliphatic carbocycles. The van der Waals surface area contributed by atoms with Gasteiger partial charge in [-0.15, -0.1) is 0 Å². The summed E-state index contributed by atoms with van der Waals surface area (Å²) >= 11 is 0. The van der Waals surface area contributed by atoms with Crippen molar-refractivity contribution in [3.05, 3.63) is 0 Å². The molecule has 4 saturated carbocycles. The van der Waals surface area contributed by atoms with E-state index in [1.54, 1.807) is 0 Å². The molecule has 12 atom stereocenters. The van der Waals surface area contributed by atoms with E-state index >= 15 is 0 Å². The van der Waals surface area contributed by atoms with Gasteiger partial charge in [-0.1, -0.05) is 27.7 Å². The summed E-state index contributed by atoms with van der Waals surface area (Å²) < 4.78 is 6.78. The van der Waals surface area contributed by atoms with E-state index in [0.29, 0.717) is 47.5 Å². The highest BCUT2D eigenvalue weighted by Gasteiger charge is 2.65. The minimum atomic E-state index is 0.307. The highest BCUT2D eigenvalue weighted by Crippen LogP contribution is 2.70. The first-order chi connectivity index (χ1) is 14.3. The number of aliphatic hydroxyl groups excluding tert-OH is 1. The molecule has 0 radical (unpaired) electrons. The normalized spacial score (nSPS) is 56.0. The van der Waals surface area contributed by atoms with Crippen LogP contribution in [0.5, 0.6) is 0 Å². The molecule has 3 heteroatoms. The molecule has 5 rings (SSSR count). The maximum Gasteiger partial charge on any atom is 0.0618 e. The maximum atomic E-state index is 9.41. The van der Waals surface area contributed by atoms with Gasteiger partial charge in [-0.05, 0) is 116 Å². The molecule has 5 fully saturated rings. The second-order valence-electron chi connectivity index (χ2n) is 12.9. The van der Waals surface area contributed by atoms with Gasteiger partial charge in [-0.3, -0.25) is 0 Å². The first-order valence-corrected chi connectivity index (χ1v) is 13.3. The van der Waals surface area contributed by atoms with E-state index in [2.05, 4.69) is 27.7 Å². The van der Waals surface area contributed by atoms with Crippen molar-refractivity contribution in [2.24, 2.45) is 58.0 Å². The Balaban J connectivity index is 1.32. The Bertz CT molecular complexity index is 638. The van der Waals surface area contributed by atoms with Crippen LogP contribution in [-0.4, -0.2) is 30.0 Å². The van der Waals surface area contributed by atoms with Crippen LogP contribution in [0.2, 0.25) is 0 Å². The number of ether oxygens (including phenoxy) is 1. The molecule has 0 amide bonds. The zero-order valence-corrected chi connectivity index (χ0v) is 20.0. The van der Waals surface area contributed by atoms with Crippen LogP contribution in [0.3, 0.4) is 0 Å². The molecule has 0 bridgehead atoms. The fourth-order valence-electron chi connectivity index (χ4n) is 9.85. The maximum absolute atomic E-state index is 9.41. The van der Waals surface area contributed by atoms with Crippen LogP contribution in [-0.2, 0) is 4.74 Å². The second kappa shape index (κ2) is 7.73. The van der Waals surface area contributed by atoms with Gasteiger partial charge in [0.25, 0.3) is 0 Å². The third-order valence-corrected chi connectivity index (χ3v) is 11.6. The molecular formula is C27H47NO2. The lowest BCUT2D eigenvalue weighted by atomic mass is 9.44. The molecule has 3 unspecified atom stereocenters. The van der Waals surface area contributed by atoms with Crippen molar-refractivity contribution >= 4 is 0 Å². The van der Waals surface area contributed by atoms with Crippen LogP contribution in [0.25, 0.3) is 0 Å². The van der Waals surface area contributed by atoms with E-state index in [4.69, 9.17) is 10.5 Å². The largest absolute Gasteiger partial charge is 0.396 e. The Labute approximate surface area is 184 Å². The van der Waals surface area contributed by atoms with Crippen LogP contribution in [0.15, 0.2) is 0 Å². The first kappa shape index (κ1) is 21.7. The Morgan fingerprint density at radius 1 is 1.03 bits per heavy atom. The molecule has 30 heavy (non-hydrogen) atoms. The van der Waals surface area contributed by atoms with Crippen molar-refractivity contribution in [1.29, 1.82) is 0 Å². The zero-order chi connectivity index (χ0) is 21.3. The lowest BCUT2D eigenvalue weighted by molar-refractivity contribution is -0.117. The molecule has 3 N–H and O–H groups in total. The van der Waals surface area contributed by atoms with Crippen molar-refractivity contribution in [3.8, 4) is 0 Å². The molecule has 1 aliphatic heterocycles. The summed E-state index contributed by atoms with van der Waals surface area (Å²) in [6, 6.07) is 0.457. The highest BCUT2D eigenvalue weighted by molar-refractivity contribution is 5.14. The molecule has 172 valence electrons. The Hall–Kier alpha value is -0.120. The fourth-order valence-corrected chi connectivity index (χ4v) is 9.85. The summed E-state index contributed by atoms with van der Waals surface area (Å²) in [5.41, 5.74) is 7.42. The Kier molecular flexibility index (Phi) is 5.60. The van der Waals surface area contributed by atoms with Crippen molar-refractivity contribution < 1.29 is 9.84 Å². The van der Waals surface area contributed by atoms with Crippen LogP contribution >= 0.6 is 0 Å². The predicted octanol–water partition coefficient (Wildman–Crippen LogP) is 5.39. The first-order valence-electron chi connectivity index (χ1n) is 13.3. The van der Waals surface area contributed by atoms with Crippen molar-refractivity contribution in [2.45, 2.75) is 110 Å². The number of fused-ring (bicyclic) bond motifs is 7. The average molecular weight is 418 g/mol. The van der Waals surface area contributed by atoms with Gasteiger partial charge in [0.15, 0.2) is 0 Å². The Morgan fingerprint density at radius 3 is 2.57 bits per heavy atom. The monoisotopic (exact) mass is 417 g/mol. The molecule has 0 aromatic carbocycles. The molecule has 1 saturated heterocycles. The topological polar surface area (TPSA) is 55.5 Å². The van der Waals surface area contributed by atoms with Gasteiger partial charge in [0.1, 0.15) is 0 Å². The van der Waals surface area contributed by atoms with Crippen LogP contribution in [0.4, 0.5) is 0 Å². The van der Waals surface area contributed by atoms with E-state index in [1.165, 1.54) is 51.4 Å². The third kappa shape index (κ3) is 3.16. The van der Waals surface area contributed by atoms with Crippen LogP contribution in [0, 0.1) is 52.3 Å². The summed E-state index contributed by atoms with van der Waals surface area (Å²) in [4.78, 5) is 0. The molecule has 1 heterocycles. The number of aliphatic hydroxyl groups is 1. The molecular weight excluding hydrogens is 370 g/mol. The summed E-state index contributed by atoms with van der Waals surface area (Å²) in [5.74, 6) is 5.43. The van der Waals surface area contributed by atoms with Gasteiger partial charge in [0.05, 0.1) is 12.2 Å². The van der Waals surface area contributed by atoms with Crippen LogP contribution < -0.4 is 5.73 Å². The van der Waals surface area contributed by atoms with E-state index in [0.717, 1.165) is 42.4 Å². The van der Waals surface area contributed by atoms with E-state index < -0.39 is 0 Å². The molecule has 0 aromatic heterocycles. The van der Waals surface area contributed by atoms with Crippen molar-refractivity contribution in [2.75, 3.05) is 6.61 Å². The Morgan fingerprint density at radius 2 is 1.80 bits per heavy atom. The molecule has 3 nitrogen and oxygen atoms in total. The van der Waals surface area contributed by atoms with Gasteiger partial charge in [-0.25, -0.2) is 0 Å². The van der Waals surface area contributed by atoms with Gasteiger partial charge in [-0.2, -0.15) is 0 Å². The highest BCUT2D eigenvalue weighted by atomic mass is 16.5. The summed E-state index contributed by atoms with van der Waals surface area (Å²) in [7, 11) is 0. The predicted molar refractivity (Wildman–Crippen MR) is 122 cm³/mol. The average Bonchev–Trinajstić information content (AvgIpc) is 3.20. The minimum Gasteiger partial charge on any atom is -0.396 e. The summed E-state index contributed by atoms with van der Waals surface area (Å²) in [6.07, 6.45) is 14.1. The van der Waals surface area contributed by atoms with Gasteiger partial charge >= 0.3 is 0 Å². The minimum absolute atomic E-state index is 0.307. The van der Waals surface area contributed by atoms with Crippen molar-refractivity contribution in [3.63, 3.8) is 0 Å². The lowest BCUT2D eigenvalue weighted by Gasteiger charge is -2.61. The fraction of sp³-hybridized carbons (Fsp3) is 1.00. The van der Waals surface area contributed by atoms with E-state index in [-0.39, 0.29) is 0 Å². The second-order valence-corrected chi connectivity index (χ2v) is 12.9. The standard InChI is InChI=1S/C27H47NO2/c1-16(15-29)5-8-23-17(2)25-24(30-23)14-22-20-7-6-18-13-19(28)9-11-26(18,3)21(20)10-12-27(22,25)4/h16-25,29H,5-15,28H2,1-4H3/t16-,17+,18+,19+,20+,21-,22-,23?,24?,25?,26-,27-/m0/s1. The van der Waals surface area contributed by atoms with Crippen LogP contribution in [0.1, 0.15) is 91.9 Å². The number of hydrogen-bond donors (Lipinski definition) is 2. The SMILES string of the molecule is C[C@H](CO)CCC1OC2C[C@H]3[C@@H]4CC[C@@H]5C[C@H](N)CC[C@]5(C)[C@H]4CC[C@]3(C)C2[C@@H]1C. The summed E-state index contributed by atoms with van der Waals surface area (Å²) in [6.45, 7) is 10.3. The van der Waals surface area contributed by atoms with Gasteiger partial charge in [0, 0.05) is 12.6 Å². The lowest BCUT2D eigenvalue weighted by Crippen LogP contribution is -2.55. The number of hydrogen-bond acceptors (Lipinski definition) is 3. The van der Waals surface area contributed by atoms with E-state index in [9.17, 15) is 5.11 Å². The quantitative estimate of drug-likeness (QED) is 0.644. The molecule has 0 aromatic rings. The van der Waals surface area contributed by atoms with Crippen molar-refractivity contribution in [1.82, 2.24) is 0 Å². The smallest absolute Gasteiger partial charge is 0.0618 e. The zero-order valence-electron chi connectivity index (χ0n) is 20.0. The van der Waals surface area contributed by atoms with Gasteiger partial charge in [0.2, 0.25) is 0 Å². The number of nitrogens with two attached hydrogens (primary N) is 1.